The Kier molecular flexibility index (Phi) is 6.65. The third-order valence-corrected chi connectivity index (χ3v) is 3.92. The Morgan fingerprint density at radius 2 is 1.89 bits per heavy atom. The maximum Gasteiger partial charge on any atom is 0.237 e. The lowest BCUT2D eigenvalue weighted by Crippen LogP contribution is -2.46. The molecule has 0 heterocycles. The highest BCUT2D eigenvalue weighted by atomic mass is 16.3. The first kappa shape index (κ1) is 15.4. The number of amides is 1. The molecule has 2 unspecified atom stereocenters. The molecule has 4 heteroatoms. The topological polar surface area (TPSA) is 61.4 Å². The van der Waals surface area contributed by atoms with Crippen LogP contribution >= 0.6 is 0 Å². The van der Waals surface area contributed by atoms with E-state index in [1.54, 1.807) is 0 Å². The zero-order valence-electron chi connectivity index (χ0n) is 11.9. The predicted octanol–water partition coefficient (Wildman–Crippen LogP) is 1.43. The summed E-state index contributed by atoms with van der Waals surface area (Å²) in [5, 5.41) is 15.7. The first-order valence-corrected chi connectivity index (χ1v) is 7.24. The lowest BCUT2D eigenvalue weighted by molar-refractivity contribution is -0.123. The highest BCUT2D eigenvalue weighted by molar-refractivity contribution is 5.81. The lowest BCUT2D eigenvalue weighted by atomic mass is 9.87. The van der Waals surface area contributed by atoms with Crippen molar-refractivity contribution in [1.29, 1.82) is 0 Å². The van der Waals surface area contributed by atoms with Gasteiger partial charge < -0.3 is 15.7 Å². The molecule has 0 aromatic heterocycles. The van der Waals surface area contributed by atoms with E-state index in [1.165, 1.54) is 0 Å². The molecule has 2 atom stereocenters. The quantitative estimate of drug-likeness (QED) is 0.674. The smallest absolute Gasteiger partial charge is 0.237 e. The number of hydrogen-bond acceptors (Lipinski definition) is 3. The van der Waals surface area contributed by atoms with Crippen molar-refractivity contribution in [3.05, 3.63) is 0 Å². The van der Waals surface area contributed by atoms with Gasteiger partial charge in [-0.2, -0.15) is 0 Å². The van der Waals surface area contributed by atoms with Crippen molar-refractivity contribution in [2.45, 2.75) is 71.1 Å². The van der Waals surface area contributed by atoms with Gasteiger partial charge in [-0.15, -0.1) is 0 Å². The van der Waals surface area contributed by atoms with Gasteiger partial charge in [0.25, 0.3) is 0 Å². The van der Waals surface area contributed by atoms with Gasteiger partial charge in [-0.05, 0) is 58.4 Å². The van der Waals surface area contributed by atoms with E-state index in [2.05, 4.69) is 17.6 Å². The molecule has 3 N–H and O–H groups in total. The molecule has 0 spiro atoms. The summed E-state index contributed by atoms with van der Waals surface area (Å²) in [7, 11) is 0. The average Bonchev–Trinajstić information content (AvgIpc) is 2.37. The van der Waals surface area contributed by atoms with Crippen LogP contribution in [0.2, 0.25) is 0 Å². The van der Waals surface area contributed by atoms with Gasteiger partial charge in [0.05, 0.1) is 12.1 Å². The molecule has 0 saturated heterocycles. The van der Waals surface area contributed by atoms with Crippen LogP contribution in [0.15, 0.2) is 0 Å². The molecule has 1 rings (SSSR count). The maximum absolute atomic E-state index is 11.8. The Bertz CT molecular complexity index is 250. The summed E-state index contributed by atoms with van der Waals surface area (Å²) in [5.74, 6) is 0.687. The first-order chi connectivity index (χ1) is 8.52. The average molecular weight is 256 g/mol. The van der Waals surface area contributed by atoms with Crippen molar-refractivity contribution in [2.75, 3.05) is 6.54 Å². The van der Waals surface area contributed by atoms with E-state index in [1.807, 2.05) is 13.8 Å². The molecule has 1 saturated carbocycles. The molecular weight excluding hydrogens is 228 g/mol. The van der Waals surface area contributed by atoms with Crippen LogP contribution in [0.4, 0.5) is 0 Å². The van der Waals surface area contributed by atoms with Crippen molar-refractivity contribution in [3.8, 4) is 0 Å². The van der Waals surface area contributed by atoms with E-state index in [-0.39, 0.29) is 24.1 Å². The van der Waals surface area contributed by atoms with E-state index >= 15 is 0 Å². The van der Waals surface area contributed by atoms with Gasteiger partial charge in [-0.3, -0.25) is 4.79 Å². The molecule has 0 aromatic rings. The largest absolute Gasteiger partial charge is 0.393 e. The molecule has 0 aliphatic heterocycles. The van der Waals surface area contributed by atoms with E-state index in [0.717, 1.165) is 38.6 Å². The van der Waals surface area contributed by atoms with Gasteiger partial charge in [0.15, 0.2) is 0 Å². The Hall–Kier alpha value is -0.610. The summed E-state index contributed by atoms with van der Waals surface area (Å²) >= 11 is 0. The summed E-state index contributed by atoms with van der Waals surface area (Å²) in [4.78, 5) is 11.8. The second kappa shape index (κ2) is 7.74. The van der Waals surface area contributed by atoms with Gasteiger partial charge in [-0.1, -0.05) is 6.92 Å². The number of carbonyl (C=O) groups is 1. The summed E-state index contributed by atoms with van der Waals surface area (Å²) in [5.41, 5.74) is 0. The van der Waals surface area contributed by atoms with Crippen LogP contribution in [0.5, 0.6) is 0 Å². The van der Waals surface area contributed by atoms with Crippen molar-refractivity contribution < 1.29 is 9.90 Å². The summed E-state index contributed by atoms with van der Waals surface area (Å²) in [6.45, 7) is 6.88. The normalized spacial score (nSPS) is 27.6. The number of nitrogens with one attached hydrogen (secondary N) is 2. The van der Waals surface area contributed by atoms with Gasteiger partial charge >= 0.3 is 0 Å². The van der Waals surface area contributed by atoms with Crippen LogP contribution in [0.3, 0.4) is 0 Å². The van der Waals surface area contributed by atoms with Crippen molar-refractivity contribution in [1.82, 2.24) is 10.6 Å². The number of aliphatic hydroxyl groups is 1. The molecule has 1 fully saturated rings. The molecule has 1 aliphatic carbocycles. The Labute approximate surface area is 111 Å². The number of rotatable bonds is 6. The predicted molar refractivity (Wildman–Crippen MR) is 73.3 cm³/mol. The van der Waals surface area contributed by atoms with Crippen LogP contribution in [0.25, 0.3) is 0 Å². The van der Waals surface area contributed by atoms with Gasteiger partial charge in [0.2, 0.25) is 5.91 Å². The maximum atomic E-state index is 11.8. The lowest BCUT2D eigenvalue weighted by Gasteiger charge is -2.27. The fraction of sp³-hybridized carbons (Fsp3) is 0.929. The molecule has 1 amide bonds. The van der Waals surface area contributed by atoms with Crippen molar-refractivity contribution in [3.63, 3.8) is 0 Å². The monoisotopic (exact) mass is 256 g/mol. The molecule has 0 aromatic carbocycles. The molecule has 0 bridgehead atoms. The van der Waals surface area contributed by atoms with E-state index in [4.69, 9.17) is 0 Å². The summed E-state index contributed by atoms with van der Waals surface area (Å²) in [6, 6.07) is 0.109. The molecule has 0 radical (unpaired) electrons. The van der Waals surface area contributed by atoms with Crippen LogP contribution in [-0.4, -0.2) is 35.7 Å². The van der Waals surface area contributed by atoms with Crippen LogP contribution < -0.4 is 10.6 Å². The SMILES string of the molecule is CCC(C)NC(=O)C(C)NCC1CCC(O)CC1. The van der Waals surface area contributed by atoms with Gasteiger partial charge in [0, 0.05) is 6.04 Å². The highest BCUT2D eigenvalue weighted by Gasteiger charge is 2.21. The fourth-order valence-corrected chi connectivity index (χ4v) is 2.26. The molecule has 18 heavy (non-hydrogen) atoms. The van der Waals surface area contributed by atoms with Crippen LogP contribution in [-0.2, 0) is 4.79 Å². The second-order valence-corrected chi connectivity index (χ2v) is 5.62. The highest BCUT2D eigenvalue weighted by Crippen LogP contribution is 2.23. The zero-order chi connectivity index (χ0) is 13.5. The molecule has 1 aliphatic rings. The molecule has 106 valence electrons. The second-order valence-electron chi connectivity index (χ2n) is 5.62. The van der Waals surface area contributed by atoms with Crippen LogP contribution in [0, 0.1) is 5.92 Å². The Morgan fingerprint density at radius 1 is 1.28 bits per heavy atom. The van der Waals surface area contributed by atoms with Crippen LogP contribution in [0.1, 0.15) is 52.9 Å². The van der Waals surface area contributed by atoms with Gasteiger partial charge in [0.1, 0.15) is 0 Å². The zero-order valence-corrected chi connectivity index (χ0v) is 11.9. The summed E-state index contributed by atoms with van der Waals surface area (Å²) in [6.07, 6.45) is 4.78. The summed E-state index contributed by atoms with van der Waals surface area (Å²) < 4.78 is 0. The minimum atomic E-state index is -0.133. The third kappa shape index (κ3) is 5.36. The Morgan fingerprint density at radius 3 is 2.44 bits per heavy atom. The third-order valence-electron chi connectivity index (χ3n) is 3.92. The number of carbonyl (C=O) groups excluding carboxylic acids is 1. The standard InChI is InChI=1S/C14H28N2O2/c1-4-10(2)16-14(18)11(3)15-9-12-5-7-13(17)8-6-12/h10-13,15,17H,4-9H2,1-3H3,(H,16,18). The van der Waals surface area contributed by atoms with E-state index < -0.39 is 0 Å². The minimum Gasteiger partial charge on any atom is -0.393 e. The fourth-order valence-electron chi connectivity index (χ4n) is 2.26. The number of aliphatic hydroxyl groups excluding tert-OH is 1. The minimum absolute atomic E-state index is 0.0835. The van der Waals surface area contributed by atoms with E-state index in [9.17, 15) is 9.90 Å². The number of hydrogen-bond donors (Lipinski definition) is 3. The molecule has 4 nitrogen and oxygen atoms in total. The van der Waals surface area contributed by atoms with Crippen molar-refractivity contribution >= 4 is 5.91 Å². The first-order valence-electron chi connectivity index (χ1n) is 7.24. The van der Waals surface area contributed by atoms with Crippen molar-refractivity contribution in [2.24, 2.45) is 5.92 Å². The van der Waals surface area contributed by atoms with E-state index in [0.29, 0.717) is 5.92 Å². The Balaban J connectivity index is 2.19. The molecular formula is C14H28N2O2. The van der Waals surface area contributed by atoms with Gasteiger partial charge in [-0.25, -0.2) is 0 Å².